The molecule has 1 atom stereocenters. The molecule has 0 spiro atoms. The Bertz CT molecular complexity index is 1490. The van der Waals surface area contributed by atoms with Crippen molar-refractivity contribution in [3.63, 3.8) is 0 Å². The molecule has 2 aromatic carbocycles. The molecule has 3 aliphatic rings. The first-order chi connectivity index (χ1) is 21.3. The van der Waals surface area contributed by atoms with Crippen LogP contribution in [0.2, 0.25) is 0 Å². The van der Waals surface area contributed by atoms with Gasteiger partial charge in [-0.2, -0.15) is 0 Å². The summed E-state index contributed by atoms with van der Waals surface area (Å²) in [6, 6.07) is 9.53. The molecule has 44 heavy (non-hydrogen) atoms. The maximum absolute atomic E-state index is 14.6. The van der Waals surface area contributed by atoms with Gasteiger partial charge in [-0.05, 0) is 38.9 Å². The number of nitrogens with zero attached hydrogens (tertiary/aromatic N) is 6. The number of methoxy groups -OCH3 is 1. The first-order valence-corrected chi connectivity index (χ1v) is 15.2. The van der Waals surface area contributed by atoms with Crippen LogP contribution in [0.5, 0.6) is 5.75 Å². The lowest BCUT2D eigenvalue weighted by atomic mass is 9.99. The summed E-state index contributed by atoms with van der Waals surface area (Å²) >= 11 is 0. The van der Waals surface area contributed by atoms with Crippen LogP contribution in [-0.2, 0) is 4.84 Å². The van der Waals surface area contributed by atoms with E-state index in [1.807, 2.05) is 12.1 Å². The fourth-order valence-electron chi connectivity index (χ4n) is 6.47. The number of piperazine rings is 1. The maximum Gasteiger partial charge on any atom is 0.164 e. The summed E-state index contributed by atoms with van der Waals surface area (Å²) < 4.78 is 34.4. The number of hydrogen-bond acceptors (Lipinski definition) is 10. The number of nitrogens with one attached hydrogen (secondary N) is 1. The van der Waals surface area contributed by atoms with E-state index in [1.54, 1.807) is 26.2 Å². The highest BCUT2D eigenvalue weighted by Gasteiger charge is 2.32. The third-order valence-corrected chi connectivity index (χ3v) is 8.94. The number of carbonyl (C=O) groups is 1. The Morgan fingerprint density at radius 3 is 2.52 bits per heavy atom. The average molecular weight is 608 g/mol. The molecule has 0 radical (unpaired) electrons. The van der Waals surface area contributed by atoms with Crippen LogP contribution >= 0.6 is 0 Å². The van der Waals surface area contributed by atoms with Crippen LogP contribution in [0.15, 0.2) is 42.7 Å². The van der Waals surface area contributed by atoms with Gasteiger partial charge in [0.25, 0.3) is 0 Å². The van der Waals surface area contributed by atoms with Crippen molar-refractivity contribution in [3.8, 4) is 5.75 Å². The van der Waals surface area contributed by atoms with Crippen molar-refractivity contribution in [1.82, 2.24) is 19.8 Å². The molecule has 1 unspecified atom stereocenters. The third kappa shape index (κ3) is 6.19. The predicted octanol–water partition coefficient (Wildman–Crippen LogP) is 4.81. The normalized spacial score (nSPS) is 20.2. The van der Waals surface area contributed by atoms with E-state index >= 15 is 0 Å². The van der Waals surface area contributed by atoms with Crippen LogP contribution in [0.25, 0.3) is 0 Å². The monoisotopic (exact) mass is 607 g/mol. The lowest BCUT2D eigenvalue weighted by Crippen LogP contribution is -2.52. The van der Waals surface area contributed by atoms with Gasteiger partial charge in [0.2, 0.25) is 0 Å². The van der Waals surface area contributed by atoms with Crippen LogP contribution in [0, 0.1) is 11.6 Å². The van der Waals surface area contributed by atoms with Crippen LogP contribution in [0.3, 0.4) is 0 Å². The smallest absolute Gasteiger partial charge is 0.164 e. The lowest BCUT2D eigenvalue weighted by Gasteiger charge is -2.43. The minimum absolute atomic E-state index is 0.0410. The predicted molar refractivity (Wildman–Crippen MR) is 165 cm³/mol. The van der Waals surface area contributed by atoms with E-state index in [-0.39, 0.29) is 11.3 Å². The van der Waals surface area contributed by atoms with Gasteiger partial charge in [0, 0.05) is 75.0 Å². The quantitative estimate of drug-likeness (QED) is 0.360. The van der Waals surface area contributed by atoms with Crippen molar-refractivity contribution < 1.29 is 23.1 Å². The average Bonchev–Trinajstić information content (AvgIpc) is 3.53. The van der Waals surface area contributed by atoms with Gasteiger partial charge in [-0.3, -0.25) is 14.5 Å². The molecule has 0 saturated carbocycles. The van der Waals surface area contributed by atoms with Crippen LogP contribution in [0.1, 0.15) is 48.1 Å². The van der Waals surface area contributed by atoms with Gasteiger partial charge in [0.05, 0.1) is 31.1 Å². The van der Waals surface area contributed by atoms with Gasteiger partial charge in [-0.15, -0.1) is 0 Å². The summed E-state index contributed by atoms with van der Waals surface area (Å²) in [7, 11) is 3.77. The molecule has 3 aliphatic heterocycles. The first-order valence-electron chi connectivity index (χ1n) is 15.2. The highest BCUT2D eigenvalue weighted by atomic mass is 19.2. The molecule has 3 aromatic rings. The first kappa shape index (κ1) is 30.2. The number of carbonyl (C=O) groups excluding carboxylic acids is 1. The fourth-order valence-corrected chi connectivity index (χ4v) is 6.47. The Labute approximate surface area is 256 Å². The zero-order valence-electron chi connectivity index (χ0n) is 25.4. The van der Waals surface area contributed by atoms with E-state index in [4.69, 9.17) is 9.57 Å². The number of Topliss-reactive ketones (excluding diaryl/α,β-unsaturated/α-hetero) is 1. The standard InChI is InChI=1S/C32H39F2N7O3/c1-21(42)24-17-26(29(43-3)18-28(24)40-10-7-22(8-11-40)39-14-12-38(2)13-15-39)37-30-19-31(36-20-35-30)41-27(9-16-44-41)23-5-4-6-25(33)32(23)34/h4-6,17-20,22,27H,7-16H2,1-3H3,(H,35,36,37). The van der Waals surface area contributed by atoms with Gasteiger partial charge in [-0.25, -0.2) is 23.8 Å². The number of piperidine rings is 1. The molecule has 234 valence electrons. The number of hydrogen-bond donors (Lipinski definition) is 1. The van der Waals surface area contributed by atoms with Crippen molar-refractivity contribution in [2.45, 2.75) is 38.3 Å². The zero-order valence-corrected chi connectivity index (χ0v) is 25.4. The summed E-state index contributed by atoms with van der Waals surface area (Å²) in [5.74, 6) is -0.456. The molecule has 1 N–H and O–H groups in total. The van der Waals surface area contributed by atoms with Crippen molar-refractivity contribution in [2.24, 2.45) is 0 Å². The van der Waals surface area contributed by atoms with E-state index in [9.17, 15) is 13.6 Å². The maximum atomic E-state index is 14.6. The SMILES string of the molecule is COc1cc(N2CCC(N3CCN(C)CC3)CC2)c(C(C)=O)cc1Nc1cc(N2OCCC2c2cccc(F)c2F)ncn1. The number of benzene rings is 2. The lowest BCUT2D eigenvalue weighted by molar-refractivity contribution is 0.0979. The minimum atomic E-state index is -0.907. The number of ether oxygens (including phenoxy) is 1. The van der Waals surface area contributed by atoms with E-state index < -0.39 is 17.7 Å². The summed E-state index contributed by atoms with van der Waals surface area (Å²) in [5, 5.41) is 4.75. The zero-order chi connectivity index (χ0) is 30.8. The topological polar surface area (TPSA) is 86.3 Å². The van der Waals surface area contributed by atoms with Crippen LogP contribution in [0.4, 0.5) is 31.8 Å². The molecule has 3 saturated heterocycles. The molecule has 4 heterocycles. The number of halogens is 2. The minimum Gasteiger partial charge on any atom is -0.494 e. The number of likely N-dealkylation sites (N-methyl/N-ethyl adjacent to an activating group) is 1. The Hall–Kier alpha value is -3.87. The Balaban J connectivity index is 1.21. The van der Waals surface area contributed by atoms with E-state index in [2.05, 4.69) is 37.0 Å². The van der Waals surface area contributed by atoms with E-state index in [1.165, 1.54) is 17.5 Å². The molecular weight excluding hydrogens is 568 g/mol. The molecule has 6 rings (SSSR count). The molecule has 3 fully saturated rings. The number of aromatic nitrogens is 2. The second-order valence-electron chi connectivity index (χ2n) is 11.7. The van der Waals surface area contributed by atoms with Crippen LogP contribution in [-0.4, -0.2) is 91.6 Å². The largest absolute Gasteiger partial charge is 0.494 e. The van der Waals surface area contributed by atoms with Gasteiger partial charge < -0.3 is 19.9 Å². The summed E-state index contributed by atoms with van der Waals surface area (Å²) in [6.07, 6.45) is 3.94. The number of anilines is 4. The van der Waals surface area contributed by atoms with Crippen molar-refractivity contribution in [1.29, 1.82) is 0 Å². The summed E-state index contributed by atoms with van der Waals surface area (Å²) in [6.45, 7) is 8.05. The Morgan fingerprint density at radius 2 is 1.80 bits per heavy atom. The molecule has 0 bridgehead atoms. The van der Waals surface area contributed by atoms with Gasteiger partial charge in [-0.1, -0.05) is 12.1 Å². The van der Waals surface area contributed by atoms with Crippen molar-refractivity contribution in [3.05, 3.63) is 65.5 Å². The highest BCUT2D eigenvalue weighted by Crippen LogP contribution is 2.39. The number of rotatable bonds is 8. The van der Waals surface area contributed by atoms with Crippen LogP contribution < -0.4 is 20.0 Å². The van der Waals surface area contributed by atoms with Gasteiger partial charge in [0.15, 0.2) is 23.2 Å². The van der Waals surface area contributed by atoms with Crippen molar-refractivity contribution in [2.75, 3.05) is 75.3 Å². The van der Waals surface area contributed by atoms with Crippen molar-refractivity contribution >= 4 is 28.8 Å². The number of hydroxylamine groups is 1. The third-order valence-electron chi connectivity index (χ3n) is 8.94. The molecule has 1 aromatic heterocycles. The highest BCUT2D eigenvalue weighted by molar-refractivity contribution is 6.01. The van der Waals surface area contributed by atoms with Gasteiger partial charge in [0.1, 0.15) is 17.9 Å². The molecule has 0 aliphatic carbocycles. The molecule has 10 nitrogen and oxygen atoms in total. The Morgan fingerprint density at radius 1 is 1.02 bits per heavy atom. The van der Waals surface area contributed by atoms with Gasteiger partial charge >= 0.3 is 0 Å². The van der Waals surface area contributed by atoms with E-state index in [0.29, 0.717) is 47.7 Å². The summed E-state index contributed by atoms with van der Waals surface area (Å²) in [4.78, 5) is 34.6. The van der Waals surface area contributed by atoms with E-state index in [0.717, 1.165) is 63.9 Å². The number of ketones is 1. The fraction of sp³-hybridized carbons (Fsp3) is 0.469. The molecular formula is C32H39F2N7O3. The second kappa shape index (κ2) is 13.0. The second-order valence-corrected chi connectivity index (χ2v) is 11.7. The summed E-state index contributed by atoms with van der Waals surface area (Å²) in [5.41, 5.74) is 2.25. The molecule has 0 amide bonds. The molecule has 12 heteroatoms. The Kier molecular flexibility index (Phi) is 8.92.